The number of ether oxygens (including phenoxy) is 1. The molecule has 0 spiro atoms. The van der Waals surface area contributed by atoms with Crippen molar-refractivity contribution in [1.29, 1.82) is 0 Å². The van der Waals surface area contributed by atoms with Crippen molar-refractivity contribution in [3.63, 3.8) is 0 Å². The fourth-order valence-corrected chi connectivity index (χ4v) is 4.75. The predicted octanol–water partition coefficient (Wildman–Crippen LogP) is 2.93. The van der Waals surface area contributed by atoms with Gasteiger partial charge in [0.1, 0.15) is 5.75 Å². The number of carbonyl (C=O) groups is 2. The van der Waals surface area contributed by atoms with Gasteiger partial charge in [-0.1, -0.05) is 42.1 Å². The van der Waals surface area contributed by atoms with Gasteiger partial charge in [-0.2, -0.15) is 4.98 Å². The molecule has 1 aliphatic rings. The number of aryl methyl sites for hydroxylation is 2. The van der Waals surface area contributed by atoms with Gasteiger partial charge in [-0.05, 0) is 43.7 Å². The average molecular weight is 475 g/mol. The van der Waals surface area contributed by atoms with Crippen molar-refractivity contribution in [2.75, 3.05) is 11.4 Å². The molecule has 9 nitrogen and oxygen atoms in total. The van der Waals surface area contributed by atoms with Crippen LogP contribution in [0.2, 0.25) is 0 Å². The van der Waals surface area contributed by atoms with Crippen molar-refractivity contribution >= 4 is 35.0 Å². The third-order valence-corrected chi connectivity index (χ3v) is 6.43. The standard InChI is InChI=1S/C24H22N6O3S/c1-14-11-15(2)30-23(26-14)27-24(28-30)34-13-16-7-3-4-8-17(16)22(32)29-12-20(21(25)31)33-19-10-6-5-9-18(19)29/h3-11,20H,12-13H2,1-2H3,(H2,25,31)/t20-/m1/s1. The normalized spacial score (nSPS) is 15.1. The molecule has 0 fully saturated rings. The third kappa shape index (κ3) is 4.08. The summed E-state index contributed by atoms with van der Waals surface area (Å²) in [5.41, 5.74) is 9.29. The summed E-state index contributed by atoms with van der Waals surface area (Å²) in [6.07, 6.45) is -0.915. The van der Waals surface area contributed by atoms with Crippen molar-refractivity contribution in [3.05, 3.63) is 77.1 Å². The molecular formula is C24H22N6O3S. The molecule has 2 aromatic carbocycles. The molecule has 0 unspecified atom stereocenters. The molecule has 0 saturated carbocycles. The molecule has 172 valence electrons. The first kappa shape index (κ1) is 21.9. The zero-order valence-corrected chi connectivity index (χ0v) is 19.5. The molecule has 2 aromatic heterocycles. The molecule has 5 rings (SSSR count). The molecule has 10 heteroatoms. The molecule has 2 amide bonds. The number of anilines is 1. The Morgan fingerprint density at radius 2 is 1.88 bits per heavy atom. The van der Waals surface area contributed by atoms with E-state index in [0.717, 1.165) is 17.0 Å². The van der Waals surface area contributed by atoms with E-state index in [4.69, 9.17) is 10.5 Å². The third-order valence-electron chi connectivity index (χ3n) is 5.54. The number of rotatable bonds is 5. The first-order valence-corrected chi connectivity index (χ1v) is 11.7. The fraction of sp³-hybridized carbons (Fsp3) is 0.208. The Labute approximate surface area is 199 Å². The second-order valence-electron chi connectivity index (χ2n) is 7.98. The Morgan fingerprint density at radius 1 is 1.12 bits per heavy atom. The van der Waals surface area contributed by atoms with Crippen LogP contribution in [0.3, 0.4) is 0 Å². The molecule has 4 aromatic rings. The highest BCUT2D eigenvalue weighted by Gasteiger charge is 2.33. The van der Waals surface area contributed by atoms with E-state index >= 15 is 0 Å². The highest BCUT2D eigenvalue weighted by atomic mass is 32.2. The molecule has 0 radical (unpaired) electrons. The van der Waals surface area contributed by atoms with Crippen molar-refractivity contribution in [1.82, 2.24) is 19.6 Å². The van der Waals surface area contributed by atoms with Crippen molar-refractivity contribution in [2.45, 2.75) is 30.9 Å². The van der Waals surface area contributed by atoms with Gasteiger partial charge in [0.25, 0.3) is 17.6 Å². The van der Waals surface area contributed by atoms with E-state index in [-0.39, 0.29) is 12.5 Å². The molecule has 0 saturated heterocycles. The Balaban J connectivity index is 1.42. The number of fused-ring (bicyclic) bond motifs is 2. The lowest BCUT2D eigenvalue weighted by molar-refractivity contribution is -0.124. The summed E-state index contributed by atoms with van der Waals surface area (Å²) in [5, 5.41) is 5.11. The van der Waals surface area contributed by atoms with Gasteiger partial charge in [0, 0.05) is 22.7 Å². The summed E-state index contributed by atoms with van der Waals surface area (Å²) >= 11 is 1.43. The number of hydrogen-bond donors (Lipinski definition) is 1. The summed E-state index contributed by atoms with van der Waals surface area (Å²) in [5.74, 6) is 0.640. The fourth-order valence-electron chi connectivity index (χ4n) is 3.93. The Morgan fingerprint density at radius 3 is 2.71 bits per heavy atom. The molecule has 2 N–H and O–H groups in total. The molecular weight excluding hydrogens is 452 g/mol. The van der Waals surface area contributed by atoms with Gasteiger partial charge in [0.05, 0.1) is 12.2 Å². The minimum Gasteiger partial charge on any atom is -0.477 e. The first-order valence-electron chi connectivity index (χ1n) is 10.7. The number of carbonyl (C=O) groups excluding carboxylic acids is 2. The maximum atomic E-state index is 13.6. The van der Waals surface area contributed by atoms with E-state index in [1.807, 2.05) is 44.2 Å². The maximum absolute atomic E-state index is 13.6. The van der Waals surface area contributed by atoms with E-state index in [2.05, 4.69) is 15.1 Å². The van der Waals surface area contributed by atoms with Gasteiger partial charge in [0.2, 0.25) is 5.16 Å². The van der Waals surface area contributed by atoms with Crippen LogP contribution in [0.4, 0.5) is 5.69 Å². The number of para-hydroxylation sites is 2. The number of benzene rings is 2. The molecule has 1 aliphatic heterocycles. The second-order valence-corrected chi connectivity index (χ2v) is 8.93. The van der Waals surface area contributed by atoms with Crippen LogP contribution < -0.4 is 15.4 Å². The lowest BCUT2D eigenvalue weighted by Gasteiger charge is -2.33. The number of hydrogen-bond acceptors (Lipinski definition) is 7. The summed E-state index contributed by atoms with van der Waals surface area (Å²) in [7, 11) is 0. The summed E-state index contributed by atoms with van der Waals surface area (Å²) in [4.78, 5) is 36.0. The Kier molecular flexibility index (Phi) is 5.66. The lowest BCUT2D eigenvalue weighted by Crippen LogP contribution is -2.49. The van der Waals surface area contributed by atoms with Gasteiger partial charge in [-0.15, -0.1) is 5.10 Å². The van der Waals surface area contributed by atoms with Crippen LogP contribution in [-0.4, -0.2) is 44.0 Å². The summed E-state index contributed by atoms with van der Waals surface area (Å²) in [6.45, 7) is 3.92. The number of aromatic nitrogens is 4. The Bertz CT molecular complexity index is 1420. The minimum absolute atomic E-state index is 0.0466. The van der Waals surface area contributed by atoms with Gasteiger partial charge in [-0.3, -0.25) is 9.59 Å². The second kappa shape index (κ2) is 8.79. The van der Waals surface area contributed by atoms with Gasteiger partial charge < -0.3 is 15.4 Å². The van der Waals surface area contributed by atoms with Crippen LogP contribution in [0.25, 0.3) is 5.78 Å². The van der Waals surface area contributed by atoms with Crippen LogP contribution in [0.5, 0.6) is 5.75 Å². The first-order chi connectivity index (χ1) is 16.4. The van der Waals surface area contributed by atoms with Crippen molar-refractivity contribution in [2.24, 2.45) is 5.73 Å². The zero-order valence-electron chi connectivity index (χ0n) is 18.6. The molecule has 0 aliphatic carbocycles. The number of primary amides is 1. The van der Waals surface area contributed by atoms with E-state index < -0.39 is 12.0 Å². The van der Waals surface area contributed by atoms with Crippen molar-refractivity contribution < 1.29 is 14.3 Å². The van der Waals surface area contributed by atoms with Crippen LogP contribution in [0, 0.1) is 13.8 Å². The number of nitrogens with zero attached hydrogens (tertiary/aromatic N) is 5. The van der Waals surface area contributed by atoms with Crippen LogP contribution >= 0.6 is 11.8 Å². The molecule has 3 heterocycles. The maximum Gasteiger partial charge on any atom is 0.260 e. The summed E-state index contributed by atoms with van der Waals surface area (Å²) in [6, 6.07) is 16.5. The topological polar surface area (TPSA) is 116 Å². The monoisotopic (exact) mass is 474 g/mol. The Hall–Kier alpha value is -3.92. The zero-order chi connectivity index (χ0) is 23.8. The van der Waals surface area contributed by atoms with E-state index in [9.17, 15) is 9.59 Å². The number of thioether (sulfide) groups is 1. The van der Waals surface area contributed by atoms with Crippen LogP contribution in [-0.2, 0) is 10.5 Å². The highest BCUT2D eigenvalue weighted by molar-refractivity contribution is 7.98. The lowest BCUT2D eigenvalue weighted by atomic mass is 10.1. The van der Waals surface area contributed by atoms with Crippen LogP contribution in [0.1, 0.15) is 27.3 Å². The predicted molar refractivity (Wildman–Crippen MR) is 128 cm³/mol. The van der Waals surface area contributed by atoms with E-state index in [1.54, 1.807) is 33.7 Å². The van der Waals surface area contributed by atoms with Crippen LogP contribution in [0.15, 0.2) is 59.8 Å². The number of nitrogens with two attached hydrogens (primary N) is 1. The highest BCUT2D eigenvalue weighted by Crippen LogP contribution is 2.35. The quantitative estimate of drug-likeness (QED) is 0.442. The van der Waals surface area contributed by atoms with Gasteiger partial charge >= 0.3 is 0 Å². The van der Waals surface area contributed by atoms with E-state index in [0.29, 0.717) is 33.7 Å². The number of amides is 2. The largest absolute Gasteiger partial charge is 0.477 e. The van der Waals surface area contributed by atoms with Crippen molar-refractivity contribution in [3.8, 4) is 5.75 Å². The van der Waals surface area contributed by atoms with E-state index in [1.165, 1.54) is 11.8 Å². The molecule has 1 atom stereocenters. The van der Waals surface area contributed by atoms with Gasteiger partial charge in [-0.25, -0.2) is 9.50 Å². The van der Waals surface area contributed by atoms with Gasteiger partial charge in [0.15, 0.2) is 6.10 Å². The SMILES string of the molecule is Cc1cc(C)n2nc(SCc3ccccc3C(=O)N3C[C@H](C(N)=O)Oc4ccccc43)nc2n1. The summed E-state index contributed by atoms with van der Waals surface area (Å²) < 4.78 is 7.40. The molecule has 34 heavy (non-hydrogen) atoms. The minimum atomic E-state index is -0.915. The average Bonchev–Trinajstić information content (AvgIpc) is 3.25. The molecule has 0 bridgehead atoms. The smallest absolute Gasteiger partial charge is 0.260 e.